The van der Waals surface area contributed by atoms with Crippen LogP contribution in [0.3, 0.4) is 0 Å². The number of amides is 1. The number of nitrogens with zero attached hydrogens (tertiary/aromatic N) is 1. The van der Waals surface area contributed by atoms with Gasteiger partial charge in [-0.1, -0.05) is 0 Å². The maximum Gasteiger partial charge on any atom is 0.328 e. The molecule has 1 amide bonds. The molecule has 108 valence electrons. The van der Waals surface area contributed by atoms with Crippen LogP contribution in [0, 0.1) is 5.82 Å². The van der Waals surface area contributed by atoms with Crippen molar-refractivity contribution in [3.05, 3.63) is 58.0 Å². The van der Waals surface area contributed by atoms with Crippen molar-refractivity contribution in [1.29, 1.82) is 0 Å². The van der Waals surface area contributed by atoms with Crippen LogP contribution in [0.15, 0.2) is 41.8 Å². The predicted octanol–water partition coefficient (Wildman–Crippen LogP) is 3.26. The lowest BCUT2D eigenvalue weighted by atomic mass is 10.2. The maximum atomic E-state index is 12.9. The number of rotatable bonds is 4. The summed E-state index contributed by atoms with van der Waals surface area (Å²) >= 11 is 1.23. The topological polar surface area (TPSA) is 57.6 Å². The summed E-state index contributed by atoms with van der Waals surface area (Å²) in [6.45, 7) is 0. The zero-order chi connectivity index (χ0) is 15.4. The fraction of sp³-hybridized carbons (Fsp3) is 0.0667. The second-order valence-corrected chi connectivity index (χ2v) is 5.13. The van der Waals surface area contributed by atoms with Crippen LogP contribution in [-0.2, 0) is 4.79 Å². The number of hydrogen-bond acceptors (Lipinski definition) is 3. The lowest BCUT2D eigenvalue weighted by Crippen LogP contribution is -2.25. The van der Waals surface area contributed by atoms with E-state index in [2.05, 4.69) is 0 Å². The second kappa shape index (κ2) is 6.32. The SMILES string of the molecule is CN(C(=O)c1sccc1C=CC(=O)O)c1ccc(F)cc1. The summed E-state index contributed by atoms with van der Waals surface area (Å²) in [5.74, 6) is -1.73. The average molecular weight is 305 g/mol. The van der Waals surface area contributed by atoms with Gasteiger partial charge in [0.2, 0.25) is 0 Å². The first-order chi connectivity index (χ1) is 9.99. The number of halogens is 1. The molecular weight excluding hydrogens is 293 g/mol. The first kappa shape index (κ1) is 14.9. The van der Waals surface area contributed by atoms with Crippen LogP contribution in [0.2, 0.25) is 0 Å². The van der Waals surface area contributed by atoms with E-state index in [1.54, 1.807) is 18.5 Å². The van der Waals surface area contributed by atoms with Crippen LogP contribution in [0.5, 0.6) is 0 Å². The van der Waals surface area contributed by atoms with Gasteiger partial charge in [-0.3, -0.25) is 4.79 Å². The Labute approximate surface area is 124 Å². The van der Waals surface area contributed by atoms with Crippen molar-refractivity contribution in [2.45, 2.75) is 0 Å². The molecule has 1 N–H and O–H groups in total. The molecular formula is C15H12FNO3S. The highest BCUT2D eigenvalue weighted by Gasteiger charge is 2.17. The first-order valence-corrected chi connectivity index (χ1v) is 6.89. The lowest BCUT2D eigenvalue weighted by molar-refractivity contribution is -0.131. The molecule has 1 aromatic heterocycles. The smallest absolute Gasteiger partial charge is 0.328 e. The number of hydrogen-bond donors (Lipinski definition) is 1. The van der Waals surface area contributed by atoms with Gasteiger partial charge in [-0.05, 0) is 47.4 Å². The highest BCUT2D eigenvalue weighted by atomic mass is 32.1. The highest BCUT2D eigenvalue weighted by Crippen LogP contribution is 2.23. The predicted molar refractivity (Wildman–Crippen MR) is 80.1 cm³/mol. The van der Waals surface area contributed by atoms with Gasteiger partial charge >= 0.3 is 5.97 Å². The van der Waals surface area contributed by atoms with Gasteiger partial charge in [-0.25, -0.2) is 9.18 Å². The van der Waals surface area contributed by atoms with Crippen LogP contribution in [-0.4, -0.2) is 24.0 Å². The fourth-order valence-electron chi connectivity index (χ4n) is 1.72. The van der Waals surface area contributed by atoms with Gasteiger partial charge in [-0.15, -0.1) is 11.3 Å². The number of benzene rings is 1. The lowest BCUT2D eigenvalue weighted by Gasteiger charge is -2.16. The molecule has 0 atom stereocenters. The minimum absolute atomic E-state index is 0.276. The molecule has 4 nitrogen and oxygen atoms in total. The van der Waals surface area contributed by atoms with Crippen molar-refractivity contribution < 1.29 is 19.1 Å². The van der Waals surface area contributed by atoms with E-state index in [-0.39, 0.29) is 11.7 Å². The molecule has 6 heteroatoms. The number of anilines is 1. The van der Waals surface area contributed by atoms with Gasteiger partial charge in [0.1, 0.15) is 5.82 Å². The number of carboxylic acids is 1. The average Bonchev–Trinajstić information content (AvgIpc) is 2.92. The minimum Gasteiger partial charge on any atom is -0.478 e. The molecule has 0 radical (unpaired) electrons. The number of carbonyl (C=O) groups is 2. The summed E-state index contributed by atoms with van der Waals surface area (Å²) in [6.07, 6.45) is 2.36. The summed E-state index contributed by atoms with van der Waals surface area (Å²) in [5, 5.41) is 10.4. The molecule has 0 fully saturated rings. The second-order valence-electron chi connectivity index (χ2n) is 4.22. The third kappa shape index (κ3) is 3.55. The quantitative estimate of drug-likeness (QED) is 0.882. The normalized spacial score (nSPS) is 10.8. The van der Waals surface area contributed by atoms with Crippen molar-refractivity contribution in [3.8, 4) is 0 Å². The molecule has 2 aromatic rings. The molecule has 2 rings (SSSR count). The van der Waals surface area contributed by atoms with Crippen LogP contribution < -0.4 is 4.90 Å². The Kier molecular flexibility index (Phi) is 4.49. The summed E-state index contributed by atoms with van der Waals surface area (Å²) < 4.78 is 12.9. The van der Waals surface area contributed by atoms with Gasteiger partial charge in [0.15, 0.2) is 0 Å². The number of thiophene rings is 1. The van der Waals surface area contributed by atoms with Crippen molar-refractivity contribution >= 4 is 35.0 Å². The summed E-state index contributed by atoms with van der Waals surface area (Å²) in [7, 11) is 1.58. The van der Waals surface area contributed by atoms with Crippen molar-refractivity contribution in [1.82, 2.24) is 0 Å². The molecule has 0 bridgehead atoms. The zero-order valence-corrected chi connectivity index (χ0v) is 11.9. The van der Waals surface area contributed by atoms with Crippen LogP contribution >= 0.6 is 11.3 Å². The summed E-state index contributed by atoms with van der Waals surface area (Å²) in [5.41, 5.74) is 1.10. The van der Waals surface area contributed by atoms with E-state index >= 15 is 0 Å². The molecule has 0 spiro atoms. The van der Waals surface area contributed by atoms with E-state index in [9.17, 15) is 14.0 Å². The molecule has 0 aliphatic heterocycles. The van der Waals surface area contributed by atoms with Crippen molar-refractivity contribution in [2.24, 2.45) is 0 Å². The Bertz CT molecular complexity index is 691. The van der Waals surface area contributed by atoms with E-state index in [1.165, 1.54) is 46.6 Å². The van der Waals surface area contributed by atoms with Gasteiger partial charge < -0.3 is 10.0 Å². The van der Waals surface area contributed by atoms with Crippen LogP contribution in [0.25, 0.3) is 6.08 Å². The molecule has 0 aliphatic carbocycles. The maximum absolute atomic E-state index is 12.9. The largest absolute Gasteiger partial charge is 0.478 e. The van der Waals surface area contributed by atoms with Gasteiger partial charge in [-0.2, -0.15) is 0 Å². The standard InChI is InChI=1S/C15H12FNO3S/c1-17(12-5-3-11(16)4-6-12)15(20)14-10(8-9-21-14)2-7-13(18)19/h2-9H,1H3,(H,18,19). The van der Waals surface area contributed by atoms with E-state index in [0.717, 1.165) is 6.08 Å². The third-order valence-corrected chi connectivity index (χ3v) is 3.73. The number of aliphatic carboxylic acids is 1. The fourth-order valence-corrected chi connectivity index (χ4v) is 2.58. The van der Waals surface area contributed by atoms with E-state index in [1.807, 2.05) is 0 Å². The Balaban J connectivity index is 2.26. The Morgan fingerprint density at radius 1 is 1.24 bits per heavy atom. The minimum atomic E-state index is -1.08. The van der Waals surface area contributed by atoms with Gasteiger partial charge in [0.25, 0.3) is 5.91 Å². The molecule has 0 aliphatic rings. The Hall–Kier alpha value is -2.47. The Morgan fingerprint density at radius 2 is 1.90 bits per heavy atom. The Morgan fingerprint density at radius 3 is 2.52 bits per heavy atom. The van der Waals surface area contributed by atoms with Crippen molar-refractivity contribution in [3.63, 3.8) is 0 Å². The van der Waals surface area contributed by atoms with E-state index < -0.39 is 5.97 Å². The monoisotopic (exact) mass is 305 g/mol. The van der Waals surface area contributed by atoms with E-state index in [4.69, 9.17) is 5.11 Å². The molecule has 21 heavy (non-hydrogen) atoms. The van der Waals surface area contributed by atoms with Gasteiger partial charge in [0.05, 0.1) is 4.88 Å². The van der Waals surface area contributed by atoms with Crippen molar-refractivity contribution in [2.75, 3.05) is 11.9 Å². The van der Waals surface area contributed by atoms with Crippen LogP contribution in [0.4, 0.5) is 10.1 Å². The highest BCUT2D eigenvalue weighted by molar-refractivity contribution is 7.12. The zero-order valence-electron chi connectivity index (χ0n) is 11.1. The van der Waals surface area contributed by atoms with Gasteiger partial charge in [0, 0.05) is 18.8 Å². The summed E-state index contributed by atoms with van der Waals surface area (Å²) in [6, 6.07) is 7.24. The van der Waals surface area contributed by atoms with Crippen LogP contribution in [0.1, 0.15) is 15.2 Å². The number of carbonyl (C=O) groups excluding carboxylic acids is 1. The molecule has 1 aromatic carbocycles. The first-order valence-electron chi connectivity index (χ1n) is 6.01. The number of carboxylic acid groups (broad SMARTS) is 1. The molecule has 1 heterocycles. The molecule has 0 saturated carbocycles. The molecule has 0 unspecified atom stereocenters. The molecule has 0 saturated heterocycles. The van der Waals surface area contributed by atoms with E-state index in [0.29, 0.717) is 16.1 Å². The third-order valence-electron chi connectivity index (χ3n) is 2.81. The summed E-state index contributed by atoms with van der Waals surface area (Å²) in [4.78, 5) is 24.8.